The van der Waals surface area contributed by atoms with Gasteiger partial charge in [0.05, 0.1) is 5.54 Å². The molecule has 3 aliphatic rings. The van der Waals surface area contributed by atoms with Crippen molar-refractivity contribution in [3.05, 3.63) is 78.7 Å². The minimum atomic E-state index is -0.329. The molecule has 0 aliphatic carbocycles. The van der Waals surface area contributed by atoms with E-state index in [1.807, 2.05) is 27.7 Å². The number of allylic oxidation sites excluding steroid dienone is 2. The summed E-state index contributed by atoms with van der Waals surface area (Å²) in [5.41, 5.74) is 14.5. The Labute approximate surface area is 226 Å². The molecule has 3 aliphatic heterocycles. The summed E-state index contributed by atoms with van der Waals surface area (Å²) in [4.78, 5) is 28.4. The van der Waals surface area contributed by atoms with E-state index < -0.39 is 0 Å². The summed E-state index contributed by atoms with van der Waals surface area (Å²) in [7, 11) is 0. The van der Waals surface area contributed by atoms with E-state index in [-0.39, 0.29) is 22.8 Å². The van der Waals surface area contributed by atoms with Crippen LogP contribution in [-0.4, -0.2) is 21.4 Å². The third-order valence-electron chi connectivity index (χ3n) is 9.51. The van der Waals surface area contributed by atoms with E-state index in [1.54, 1.807) is 0 Å². The monoisotopic (exact) mass is 512 g/mol. The molecule has 3 N–H and O–H groups in total. The summed E-state index contributed by atoms with van der Waals surface area (Å²) in [6.07, 6.45) is 5.17. The van der Waals surface area contributed by atoms with Crippen molar-refractivity contribution < 1.29 is 9.59 Å². The van der Waals surface area contributed by atoms with E-state index in [4.69, 9.17) is 0 Å². The lowest BCUT2D eigenvalue weighted by atomic mass is 9.78. The van der Waals surface area contributed by atoms with Gasteiger partial charge in [-0.25, -0.2) is 0 Å². The summed E-state index contributed by atoms with van der Waals surface area (Å²) in [6, 6.07) is 0. The fourth-order valence-electron chi connectivity index (χ4n) is 6.87. The maximum atomic E-state index is 12.4. The Morgan fingerprint density at radius 2 is 1.21 bits per heavy atom. The Hall–Kier alpha value is -3.54. The number of hydrogen-bond acceptors (Lipinski definition) is 2. The molecule has 0 spiro atoms. The molecule has 0 radical (unpaired) electrons. The van der Waals surface area contributed by atoms with Crippen LogP contribution >= 0.6 is 0 Å². The highest BCUT2D eigenvalue weighted by molar-refractivity contribution is 6.01. The van der Waals surface area contributed by atoms with Crippen molar-refractivity contribution in [3.63, 3.8) is 0 Å². The molecule has 6 heteroatoms. The minimum Gasteiger partial charge on any atom is -0.356 e. The number of fused-ring (bicyclic) bond motifs is 1. The van der Waals surface area contributed by atoms with Gasteiger partial charge in [-0.1, -0.05) is 13.8 Å². The lowest BCUT2D eigenvalue weighted by molar-refractivity contribution is -0.117. The van der Waals surface area contributed by atoms with Crippen LogP contribution in [0.15, 0.2) is 33.7 Å². The van der Waals surface area contributed by atoms with Crippen molar-refractivity contribution in [2.75, 3.05) is 0 Å². The Morgan fingerprint density at radius 1 is 0.684 bits per heavy atom. The minimum absolute atomic E-state index is 0.0217. The quantitative estimate of drug-likeness (QED) is 0.464. The van der Waals surface area contributed by atoms with Crippen molar-refractivity contribution in [3.8, 4) is 0 Å². The van der Waals surface area contributed by atoms with E-state index in [0.717, 1.165) is 51.5 Å². The predicted molar refractivity (Wildman–Crippen MR) is 154 cm³/mol. The van der Waals surface area contributed by atoms with Crippen LogP contribution in [0, 0.1) is 27.7 Å². The average molecular weight is 513 g/mol. The lowest BCUT2D eigenvalue weighted by Crippen LogP contribution is -2.31. The van der Waals surface area contributed by atoms with Crippen LogP contribution in [0.25, 0.3) is 12.2 Å². The normalized spacial score (nSPS) is 24.8. The van der Waals surface area contributed by atoms with Crippen molar-refractivity contribution in [2.24, 2.45) is 0 Å². The smallest absolute Gasteiger partial charge is 0.251 e. The number of aromatic nitrogens is 2. The largest absolute Gasteiger partial charge is 0.356 e. The van der Waals surface area contributed by atoms with Crippen LogP contribution in [0.1, 0.15) is 99.9 Å². The molecule has 0 saturated heterocycles. The first kappa shape index (κ1) is 26.1. The number of amides is 2. The second kappa shape index (κ2) is 8.23. The zero-order valence-corrected chi connectivity index (χ0v) is 24.6. The number of nitrogens with zero attached hydrogens (tertiary/aromatic N) is 1. The number of H-pyrrole nitrogens is 1. The van der Waals surface area contributed by atoms with Gasteiger partial charge in [0.15, 0.2) is 0 Å². The van der Waals surface area contributed by atoms with Gasteiger partial charge in [0.2, 0.25) is 0 Å². The molecule has 2 aromatic heterocycles. The molecule has 2 aromatic rings. The first-order valence-corrected chi connectivity index (χ1v) is 13.4. The summed E-state index contributed by atoms with van der Waals surface area (Å²) >= 11 is 0. The van der Waals surface area contributed by atoms with Crippen LogP contribution in [-0.2, 0) is 20.5 Å². The maximum absolute atomic E-state index is 12.4. The van der Waals surface area contributed by atoms with Crippen molar-refractivity contribution in [2.45, 2.75) is 93.5 Å². The number of aromatic amines is 1. The molecule has 1 unspecified atom stereocenters. The van der Waals surface area contributed by atoms with Crippen LogP contribution in [0.5, 0.6) is 0 Å². The van der Waals surface area contributed by atoms with Crippen molar-refractivity contribution in [1.82, 2.24) is 20.2 Å². The molecule has 0 bridgehead atoms. The second-order valence-electron chi connectivity index (χ2n) is 12.3. The first-order valence-electron chi connectivity index (χ1n) is 13.4. The van der Waals surface area contributed by atoms with Gasteiger partial charge in [-0.3, -0.25) is 9.59 Å². The molecule has 5 heterocycles. The van der Waals surface area contributed by atoms with Crippen molar-refractivity contribution in [1.29, 1.82) is 0 Å². The summed E-state index contributed by atoms with van der Waals surface area (Å²) < 4.78 is 2.51. The highest BCUT2D eigenvalue weighted by Gasteiger charge is 2.50. The molecule has 38 heavy (non-hydrogen) atoms. The fourth-order valence-corrected chi connectivity index (χ4v) is 6.87. The molecule has 2 amide bonds. The summed E-state index contributed by atoms with van der Waals surface area (Å²) in [5, 5.41) is 6.09. The molecule has 0 saturated carbocycles. The van der Waals surface area contributed by atoms with Crippen LogP contribution in [0.2, 0.25) is 0 Å². The molecule has 1 atom stereocenters. The molecule has 200 valence electrons. The van der Waals surface area contributed by atoms with Crippen LogP contribution < -0.4 is 10.6 Å². The van der Waals surface area contributed by atoms with E-state index in [9.17, 15) is 9.59 Å². The Kier molecular flexibility index (Phi) is 5.65. The van der Waals surface area contributed by atoms with E-state index in [1.165, 1.54) is 33.6 Å². The Balaban J connectivity index is 1.72. The predicted octanol–water partition coefficient (Wildman–Crippen LogP) is 6.11. The maximum Gasteiger partial charge on any atom is 0.251 e. The molecular weight excluding hydrogens is 472 g/mol. The van der Waals surface area contributed by atoms with Gasteiger partial charge in [-0.05, 0) is 114 Å². The number of rotatable bonds is 3. The SMILES string of the molecule is CC1=C(C)/C(=C/c2[nH]c(C3(C)CC(C)(C)c4c(C)c(C)c(/C=C5\NC(=O)C(C)=C5C)n43)c(C)c2C)NC1=O. The summed E-state index contributed by atoms with van der Waals surface area (Å²) in [6.45, 7) is 23.5. The van der Waals surface area contributed by atoms with Gasteiger partial charge in [-0.15, -0.1) is 0 Å². The third kappa shape index (κ3) is 3.45. The second-order valence-corrected chi connectivity index (χ2v) is 12.3. The Morgan fingerprint density at radius 3 is 1.71 bits per heavy atom. The van der Waals surface area contributed by atoms with Crippen LogP contribution in [0.4, 0.5) is 0 Å². The summed E-state index contributed by atoms with van der Waals surface area (Å²) in [5.74, 6) is -0.0508. The zero-order valence-electron chi connectivity index (χ0n) is 24.6. The molecule has 0 aromatic carbocycles. The van der Waals surface area contributed by atoms with Gasteiger partial charge < -0.3 is 20.2 Å². The van der Waals surface area contributed by atoms with E-state index in [2.05, 4.69) is 80.8 Å². The first-order chi connectivity index (χ1) is 17.6. The van der Waals surface area contributed by atoms with Crippen LogP contribution in [0.3, 0.4) is 0 Å². The average Bonchev–Trinajstić information content (AvgIpc) is 3.51. The van der Waals surface area contributed by atoms with Gasteiger partial charge >= 0.3 is 0 Å². The van der Waals surface area contributed by atoms with Gasteiger partial charge in [0.25, 0.3) is 11.8 Å². The number of hydrogen-bond donors (Lipinski definition) is 3. The molecule has 0 fully saturated rings. The third-order valence-corrected chi connectivity index (χ3v) is 9.51. The topological polar surface area (TPSA) is 78.9 Å². The van der Waals surface area contributed by atoms with Gasteiger partial charge in [-0.2, -0.15) is 0 Å². The standard InChI is InChI=1S/C32H40N4O2/c1-15-19(5)27(33-23(15)12-24-16(2)21(7)29(37)34-24)32(11)14-31(9,10)28-20(6)18(4)26(36(28)32)13-25-17(3)22(8)30(38)35-25/h12-13,33H,14H2,1-11H3,(H,34,37)(H,35,38)/b24-12-,25-13-. The zero-order chi connectivity index (χ0) is 28.1. The highest BCUT2D eigenvalue weighted by atomic mass is 16.2. The van der Waals surface area contributed by atoms with Crippen molar-refractivity contribution >= 4 is 24.0 Å². The van der Waals surface area contributed by atoms with E-state index >= 15 is 0 Å². The lowest BCUT2D eigenvalue weighted by Gasteiger charge is -2.31. The van der Waals surface area contributed by atoms with Gasteiger partial charge in [0, 0.05) is 50.7 Å². The molecular formula is C32H40N4O2. The highest BCUT2D eigenvalue weighted by Crippen LogP contribution is 2.53. The fraction of sp³-hybridized carbons (Fsp3) is 0.438. The molecule has 5 rings (SSSR count). The molecule has 6 nitrogen and oxygen atoms in total. The van der Waals surface area contributed by atoms with Gasteiger partial charge in [0.1, 0.15) is 0 Å². The number of nitrogens with one attached hydrogen (secondary N) is 3. The number of carbonyl (C=O) groups is 2. The Bertz CT molecular complexity index is 1580. The van der Waals surface area contributed by atoms with E-state index in [0.29, 0.717) is 0 Å². The number of carbonyl (C=O) groups excluding carboxylic acids is 2.